The third kappa shape index (κ3) is 9.33. The second kappa shape index (κ2) is 15.2. The van der Waals surface area contributed by atoms with Gasteiger partial charge < -0.3 is 10.1 Å². The van der Waals surface area contributed by atoms with Gasteiger partial charge in [-0.05, 0) is 65.1 Å². The van der Waals surface area contributed by atoms with Crippen LogP contribution in [0.3, 0.4) is 0 Å². The second-order valence-corrected chi connectivity index (χ2v) is 16.1. The van der Waals surface area contributed by atoms with E-state index in [1.807, 2.05) is 4.72 Å². The Hall–Kier alpha value is -4.69. The van der Waals surface area contributed by atoms with Gasteiger partial charge in [0.1, 0.15) is 11.1 Å². The van der Waals surface area contributed by atoms with Crippen LogP contribution in [0.5, 0.6) is 0 Å². The van der Waals surface area contributed by atoms with Crippen molar-refractivity contribution < 1.29 is 57.9 Å². The van der Waals surface area contributed by atoms with Crippen molar-refractivity contribution in [2.24, 2.45) is 0 Å². The number of aliphatic carboxylic acids is 1. The molecule has 0 saturated carbocycles. The Bertz CT molecular complexity index is 2430. The first-order valence-electron chi connectivity index (χ1n) is 15.1. The number of carboxylic acid groups (broad SMARTS) is 1. The van der Waals surface area contributed by atoms with Crippen molar-refractivity contribution in [3.05, 3.63) is 117 Å². The molecule has 0 spiro atoms. The Morgan fingerprint density at radius 3 is 2.15 bits per heavy atom. The lowest BCUT2D eigenvalue weighted by Gasteiger charge is -2.19. The Balaban J connectivity index is 0.000000730. The molecule has 1 saturated heterocycles. The molecule has 2 atom stereocenters. The molecule has 1 amide bonds. The fourth-order valence-electron chi connectivity index (χ4n) is 5.38. The standard InChI is InChI=1S/C31H23Cl2F3N4O5S2.C2HF3O2/c32-23-12-9-19(14-24(23)33)21-11-10-20(15-22(21)31(34,35)36)46(42,43)39-27(30-37-25-3-1-2-4-26(25)38-30)13-17-5-7-18(8-6-17)28-16-29(41)40-47(28,44)45;3-2(4,5)1(6)7/h1-12,14-15,27-28,39H,13,16H2,(H,37,38)(H,40,41);(H,6,7)/t27-,28?;/m0./s1. The summed E-state index contributed by atoms with van der Waals surface area (Å²) >= 11 is 12.0. The van der Waals surface area contributed by atoms with Crippen LogP contribution in [0.1, 0.15) is 40.2 Å². The van der Waals surface area contributed by atoms with Crippen molar-refractivity contribution in [2.45, 2.75) is 41.4 Å². The van der Waals surface area contributed by atoms with Crippen LogP contribution in [0.2, 0.25) is 10.0 Å². The number of imidazole rings is 1. The van der Waals surface area contributed by atoms with Gasteiger partial charge in [0.05, 0.1) is 44.0 Å². The molecule has 0 aliphatic carbocycles. The first kappa shape index (κ1) is 40.5. The number of rotatable bonds is 8. The zero-order chi connectivity index (χ0) is 39.8. The summed E-state index contributed by atoms with van der Waals surface area (Å²) in [7, 11) is -8.46. The lowest BCUT2D eigenvalue weighted by molar-refractivity contribution is -0.192. The zero-order valence-electron chi connectivity index (χ0n) is 26.8. The predicted molar refractivity (Wildman–Crippen MR) is 184 cm³/mol. The normalized spacial score (nSPS) is 16.4. The summed E-state index contributed by atoms with van der Waals surface area (Å²) in [6.07, 6.45) is -10.2. The van der Waals surface area contributed by atoms with Crippen molar-refractivity contribution in [1.29, 1.82) is 0 Å². The van der Waals surface area contributed by atoms with Crippen LogP contribution in [-0.2, 0) is 42.2 Å². The number of fused-ring (bicyclic) bond motifs is 1. The van der Waals surface area contributed by atoms with Gasteiger partial charge in [0, 0.05) is 0 Å². The molecule has 21 heteroatoms. The molecule has 4 aromatic carbocycles. The lowest BCUT2D eigenvalue weighted by Crippen LogP contribution is -2.31. The molecule has 1 aliphatic heterocycles. The van der Waals surface area contributed by atoms with E-state index < -0.39 is 66.0 Å². The van der Waals surface area contributed by atoms with E-state index in [-0.39, 0.29) is 39.8 Å². The quantitative estimate of drug-likeness (QED) is 0.117. The topological polar surface area (TPSA) is 175 Å². The van der Waals surface area contributed by atoms with Crippen molar-refractivity contribution in [3.8, 4) is 11.1 Å². The molecule has 11 nitrogen and oxygen atoms in total. The molecule has 1 fully saturated rings. The Kier molecular flexibility index (Phi) is 11.4. The number of H-pyrrole nitrogens is 1. The Morgan fingerprint density at radius 2 is 1.59 bits per heavy atom. The molecule has 1 aromatic heterocycles. The summed E-state index contributed by atoms with van der Waals surface area (Å²) < 4.78 is 131. The molecule has 54 heavy (non-hydrogen) atoms. The number of aromatic amines is 1. The molecule has 5 aromatic rings. The number of aromatic nitrogens is 2. The third-order valence-electron chi connectivity index (χ3n) is 7.91. The van der Waals surface area contributed by atoms with Crippen LogP contribution >= 0.6 is 23.2 Å². The van der Waals surface area contributed by atoms with Crippen LogP contribution in [0, 0.1) is 0 Å². The van der Waals surface area contributed by atoms with Gasteiger partial charge >= 0.3 is 18.3 Å². The number of carboxylic acids is 1. The van der Waals surface area contributed by atoms with E-state index in [1.165, 1.54) is 30.3 Å². The van der Waals surface area contributed by atoms with Gasteiger partial charge in [0.25, 0.3) is 0 Å². The lowest BCUT2D eigenvalue weighted by atomic mass is 9.99. The number of para-hydroxylation sites is 2. The number of carbonyl (C=O) groups is 2. The van der Waals surface area contributed by atoms with E-state index in [0.29, 0.717) is 28.2 Å². The van der Waals surface area contributed by atoms with E-state index in [4.69, 9.17) is 33.1 Å². The molecule has 1 aliphatic rings. The van der Waals surface area contributed by atoms with Gasteiger partial charge in [-0.25, -0.2) is 31.3 Å². The average Bonchev–Trinajstić information content (AvgIpc) is 3.64. The monoisotopic (exact) mass is 836 g/mol. The molecule has 286 valence electrons. The van der Waals surface area contributed by atoms with Gasteiger partial charge in [-0.15, -0.1) is 0 Å². The van der Waals surface area contributed by atoms with Crippen LogP contribution in [0.25, 0.3) is 22.2 Å². The minimum atomic E-state index is -5.08. The zero-order valence-corrected chi connectivity index (χ0v) is 30.0. The summed E-state index contributed by atoms with van der Waals surface area (Å²) in [4.78, 5) is 27.5. The van der Waals surface area contributed by atoms with Crippen LogP contribution in [0.15, 0.2) is 89.8 Å². The van der Waals surface area contributed by atoms with Crippen LogP contribution in [-0.4, -0.2) is 50.0 Å². The summed E-state index contributed by atoms with van der Waals surface area (Å²) in [5, 5.41) is 6.24. The summed E-state index contributed by atoms with van der Waals surface area (Å²) in [6.45, 7) is 0. The van der Waals surface area contributed by atoms with Gasteiger partial charge in [-0.2, -0.15) is 26.3 Å². The third-order valence-corrected chi connectivity index (χ3v) is 11.8. The number of halogens is 8. The van der Waals surface area contributed by atoms with Crippen LogP contribution < -0.4 is 9.44 Å². The van der Waals surface area contributed by atoms with E-state index >= 15 is 0 Å². The first-order chi connectivity index (χ1) is 25.0. The number of benzene rings is 4. The maximum atomic E-state index is 14.3. The van der Waals surface area contributed by atoms with Crippen molar-refractivity contribution in [3.63, 3.8) is 0 Å². The average molecular weight is 838 g/mol. The largest absolute Gasteiger partial charge is 0.490 e. The highest BCUT2D eigenvalue weighted by Gasteiger charge is 2.39. The number of alkyl halides is 6. The highest BCUT2D eigenvalue weighted by molar-refractivity contribution is 7.90. The van der Waals surface area contributed by atoms with Gasteiger partial charge in [-0.1, -0.05) is 71.7 Å². The minimum Gasteiger partial charge on any atom is -0.475 e. The van der Waals surface area contributed by atoms with Crippen molar-refractivity contribution >= 4 is 66.2 Å². The number of sulfonamides is 2. The maximum absolute atomic E-state index is 14.3. The first-order valence-corrected chi connectivity index (χ1v) is 18.9. The maximum Gasteiger partial charge on any atom is 0.490 e. The van der Waals surface area contributed by atoms with Gasteiger partial charge in [0.15, 0.2) is 0 Å². The number of amides is 1. The van der Waals surface area contributed by atoms with Crippen molar-refractivity contribution in [2.75, 3.05) is 0 Å². The summed E-state index contributed by atoms with van der Waals surface area (Å²) in [6, 6.07) is 18.7. The Labute approximate surface area is 312 Å². The molecule has 4 N–H and O–H groups in total. The summed E-state index contributed by atoms with van der Waals surface area (Å²) in [5.74, 6) is -3.17. The molecule has 0 bridgehead atoms. The second-order valence-electron chi connectivity index (χ2n) is 11.7. The van der Waals surface area contributed by atoms with Gasteiger partial charge in [0.2, 0.25) is 26.0 Å². The van der Waals surface area contributed by atoms with Crippen LogP contribution in [0.4, 0.5) is 26.3 Å². The number of nitrogens with one attached hydrogen (secondary N) is 3. The molecule has 1 unspecified atom stereocenters. The minimum absolute atomic E-state index is 0.0125. The number of carbonyl (C=O) groups excluding carboxylic acids is 1. The number of hydrogen-bond acceptors (Lipinski definition) is 7. The Morgan fingerprint density at radius 1 is 0.944 bits per heavy atom. The molecule has 2 heterocycles. The van der Waals surface area contributed by atoms with Gasteiger partial charge in [-0.3, -0.25) is 9.52 Å². The van der Waals surface area contributed by atoms with E-state index in [9.17, 15) is 48.0 Å². The highest BCUT2D eigenvalue weighted by atomic mass is 35.5. The smallest absolute Gasteiger partial charge is 0.475 e. The molecule has 6 rings (SSSR count). The SMILES string of the molecule is O=C(O)C(F)(F)F.O=C1CC(c2ccc(C[C@H](NS(=O)(=O)c3ccc(-c4ccc(Cl)c(Cl)c4)c(C(F)(F)F)c3)c3nc4ccccc4[nH]3)cc2)S(=O)(=O)N1. The molecular formula is C33H24Cl2F6N4O7S2. The molecular weight excluding hydrogens is 813 g/mol. The number of hydrogen-bond donors (Lipinski definition) is 4. The fourth-order valence-corrected chi connectivity index (χ4v) is 8.33. The highest BCUT2D eigenvalue weighted by Crippen LogP contribution is 2.40. The summed E-state index contributed by atoms with van der Waals surface area (Å²) in [5.41, 5.74) is 0.691. The van der Waals surface area contributed by atoms with E-state index in [1.54, 1.807) is 36.4 Å². The predicted octanol–water partition coefficient (Wildman–Crippen LogP) is 7.34. The van der Waals surface area contributed by atoms with E-state index in [2.05, 4.69) is 14.7 Å². The van der Waals surface area contributed by atoms with Crippen molar-refractivity contribution in [1.82, 2.24) is 19.4 Å². The van der Waals surface area contributed by atoms with E-state index in [0.717, 1.165) is 12.1 Å². The fraction of sp³-hybridized carbons (Fsp3) is 0.182. The number of nitrogens with zero attached hydrogens (tertiary/aromatic N) is 1. The molecule has 0 radical (unpaired) electrons.